The lowest BCUT2D eigenvalue weighted by atomic mass is 10.1. The molecule has 0 bridgehead atoms. The molecule has 1 saturated heterocycles. The van der Waals surface area contributed by atoms with Gasteiger partial charge in [-0.15, -0.1) is 46.7 Å². The average molecular weight is 568 g/mol. The lowest BCUT2D eigenvalue weighted by Crippen LogP contribution is -2.49. The molecule has 1 aliphatic heterocycles. The Balaban J connectivity index is 0.00000272. The lowest BCUT2D eigenvalue weighted by molar-refractivity contribution is 0.463. The molecule has 0 saturated carbocycles. The van der Waals surface area contributed by atoms with Crippen LogP contribution in [-0.4, -0.2) is 43.7 Å². The Hall–Kier alpha value is -1.65. The number of hydrogen-bond acceptors (Lipinski definition) is 5. The summed E-state index contributed by atoms with van der Waals surface area (Å²) in [5.74, 6) is 0.888. The van der Waals surface area contributed by atoms with Crippen molar-refractivity contribution in [1.82, 2.24) is 15.6 Å². The maximum atomic E-state index is 4.79. The van der Waals surface area contributed by atoms with E-state index in [0.29, 0.717) is 6.04 Å². The number of nitrogens with zero attached hydrogens (tertiary/aromatic N) is 3. The molecule has 4 rings (SSSR count). The summed E-state index contributed by atoms with van der Waals surface area (Å²) >= 11 is 3.54. The number of benzene rings is 1. The summed E-state index contributed by atoms with van der Waals surface area (Å²) in [4.78, 5) is 11.7. The van der Waals surface area contributed by atoms with Crippen LogP contribution in [0, 0.1) is 6.92 Å². The molecular weight excluding hydrogens is 537 g/mol. The number of hydrogen-bond donors (Lipinski definition) is 2. The predicted octanol–water partition coefficient (Wildman–Crippen LogP) is 5.17. The lowest BCUT2D eigenvalue weighted by Gasteiger charge is -2.33. The molecule has 3 aromatic rings. The normalized spacial score (nSPS) is 14.9. The smallest absolute Gasteiger partial charge is 0.191 e. The van der Waals surface area contributed by atoms with Crippen molar-refractivity contribution in [1.29, 1.82) is 0 Å². The predicted molar refractivity (Wildman–Crippen MR) is 145 cm³/mol. The first-order valence-corrected chi connectivity index (χ1v) is 12.2. The highest BCUT2D eigenvalue weighted by molar-refractivity contribution is 14.0. The van der Waals surface area contributed by atoms with Crippen LogP contribution in [0.15, 0.2) is 52.2 Å². The zero-order chi connectivity index (χ0) is 20.8. The van der Waals surface area contributed by atoms with Gasteiger partial charge in [0.1, 0.15) is 5.01 Å². The standard InChI is InChI=1S/C23H29N5S2.HI/c1-17-5-7-18(8-6-17)22-26-20(16-30-22)9-12-25-23(24-2)27-19-10-13-28(14-11-19)21-4-3-15-29-21;/h3-8,15-16,19H,9-14H2,1-2H3,(H2,24,25,27);1H. The third-order valence-corrected chi connectivity index (χ3v) is 7.27. The van der Waals surface area contributed by atoms with E-state index in [1.807, 2.05) is 18.4 Å². The summed E-state index contributed by atoms with van der Waals surface area (Å²) in [6.07, 6.45) is 3.15. The Bertz CT molecular complexity index is 945. The van der Waals surface area contributed by atoms with Crippen molar-refractivity contribution >= 4 is 57.6 Å². The van der Waals surface area contributed by atoms with E-state index in [4.69, 9.17) is 4.98 Å². The van der Waals surface area contributed by atoms with E-state index >= 15 is 0 Å². The van der Waals surface area contributed by atoms with Gasteiger partial charge in [0.25, 0.3) is 0 Å². The second-order valence-electron chi connectivity index (χ2n) is 7.62. The number of thiazole rings is 1. The summed E-state index contributed by atoms with van der Waals surface area (Å²) in [5.41, 5.74) is 3.59. The van der Waals surface area contributed by atoms with Crippen LogP contribution in [0.2, 0.25) is 0 Å². The molecule has 3 heterocycles. The first kappa shape index (κ1) is 24.0. The van der Waals surface area contributed by atoms with Gasteiger partial charge in [0.15, 0.2) is 5.96 Å². The fourth-order valence-electron chi connectivity index (χ4n) is 3.64. The van der Waals surface area contributed by atoms with Gasteiger partial charge in [-0.3, -0.25) is 4.99 Å². The van der Waals surface area contributed by atoms with E-state index in [-0.39, 0.29) is 24.0 Å². The van der Waals surface area contributed by atoms with E-state index < -0.39 is 0 Å². The third-order valence-electron chi connectivity index (χ3n) is 5.40. The number of thiophene rings is 1. The van der Waals surface area contributed by atoms with Crippen LogP contribution in [-0.2, 0) is 6.42 Å². The Kier molecular flexibility index (Phi) is 9.15. The largest absolute Gasteiger partial charge is 0.363 e. The third kappa shape index (κ3) is 6.66. The Morgan fingerprint density at radius 1 is 1.16 bits per heavy atom. The molecule has 1 fully saturated rings. The maximum Gasteiger partial charge on any atom is 0.191 e. The number of anilines is 1. The van der Waals surface area contributed by atoms with Gasteiger partial charge >= 0.3 is 0 Å². The van der Waals surface area contributed by atoms with E-state index in [2.05, 4.69) is 74.6 Å². The molecule has 0 unspecified atom stereocenters. The van der Waals surface area contributed by atoms with Crippen molar-refractivity contribution in [2.45, 2.75) is 32.2 Å². The monoisotopic (exact) mass is 567 g/mol. The topological polar surface area (TPSA) is 52.6 Å². The number of aromatic nitrogens is 1. The van der Waals surface area contributed by atoms with Gasteiger partial charge in [-0.25, -0.2) is 4.98 Å². The molecule has 1 aromatic carbocycles. The summed E-state index contributed by atoms with van der Waals surface area (Å²) < 4.78 is 0. The molecule has 5 nitrogen and oxygen atoms in total. The van der Waals surface area contributed by atoms with E-state index in [1.165, 1.54) is 16.1 Å². The molecular formula is C23H30IN5S2. The van der Waals surface area contributed by atoms with Crippen molar-refractivity contribution in [3.8, 4) is 10.6 Å². The van der Waals surface area contributed by atoms with Crippen LogP contribution in [0.3, 0.4) is 0 Å². The number of guanidine groups is 1. The highest BCUT2D eigenvalue weighted by Gasteiger charge is 2.20. The molecule has 0 amide bonds. The number of halogens is 1. The quantitative estimate of drug-likeness (QED) is 0.245. The highest BCUT2D eigenvalue weighted by Crippen LogP contribution is 2.25. The fourth-order valence-corrected chi connectivity index (χ4v) is 5.29. The summed E-state index contributed by atoms with van der Waals surface area (Å²) in [6, 6.07) is 13.4. The zero-order valence-corrected chi connectivity index (χ0v) is 22.0. The minimum atomic E-state index is 0. The highest BCUT2D eigenvalue weighted by atomic mass is 127. The van der Waals surface area contributed by atoms with Crippen LogP contribution in [0.4, 0.5) is 5.00 Å². The number of piperidine rings is 1. The maximum absolute atomic E-state index is 4.79. The van der Waals surface area contributed by atoms with E-state index in [9.17, 15) is 0 Å². The molecule has 1 aliphatic rings. The van der Waals surface area contributed by atoms with Crippen molar-refractivity contribution in [2.24, 2.45) is 4.99 Å². The van der Waals surface area contributed by atoms with Gasteiger partial charge in [0, 0.05) is 50.1 Å². The van der Waals surface area contributed by atoms with Gasteiger partial charge in [0.05, 0.1) is 10.7 Å². The molecule has 8 heteroatoms. The number of aliphatic imine (C=N–C) groups is 1. The SMILES string of the molecule is CN=C(NCCc1csc(-c2ccc(C)cc2)n1)NC1CCN(c2cccs2)CC1.I. The summed E-state index contributed by atoms with van der Waals surface area (Å²) in [6.45, 7) is 5.12. The van der Waals surface area contributed by atoms with Crippen molar-refractivity contribution in [3.05, 3.63) is 58.4 Å². The van der Waals surface area contributed by atoms with Crippen molar-refractivity contribution in [2.75, 3.05) is 31.6 Å². The molecule has 0 spiro atoms. The van der Waals surface area contributed by atoms with Crippen LogP contribution in [0.25, 0.3) is 10.6 Å². The van der Waals surface area contributed by atoms with Crippen molar-refractivity contribution in [3.63, 3.8) is 0 Å². The second kappa shape index (κ2) is 11.8. The summed E-state index contributed by atoms with van der Waals surface area (Å²) in [5, 5.41) is 13.8. The van der Waals surface area contributed by atoms with Gasteiger partial charge in [-0.2, -0.15) is 0 Å². The van der Waals surface area contributed by atoms with Gasteiger partial charge in [-0.1, -0.05) is 29.8 Å². The van der Waals surface area contributed by atoms with Gasteiger partial charge in [0.2, 0.25) is 0 Å². The Morgan fingerprint density at radius 3 is 2.61 bits per heavy atom. The molecule has 0 radical (unpaired) electrons. The number of nitrogens with one attached hydrogen (secondary N) is 2. The Labute approximate surface area is 210 Å². The molecule has 166 valence electrons. The van der Waals surface area contributed by atoms with Crippen LogP contribution >= 0.6 is 46.7 Å². The summed E-state index contributed by atoms with van der Waals surface area (Å²) in [7, 11) is 1.84. The minimum absolute atomic E-state index is 0. The average Bonchev–Trinajstić information content (AvgIpc) is 3.47. The van der Waals surface area contributed by atoms with Crippen LogP contribution in [0.5, 0.6) is 0 Å². The van der Waals surface area contributed by atoms with Crippen LogP contribution < -0.4 is 15.5 Å². The molecule has 2 aromatic heterocycles. The zero-order valence-electron chi connectivity index (χ0n) is 18.0. The first-order chi connectivity index (χ1) is 14.7. The Morgan fingerprint density at radius 2 is 1.94 bits per heavy atom. The van der Waals surface area contributed by atoms with Crippen molar-refractivity contribution < 1.29 is 0 Å². The molecule has 31 heavy (non-hydrogen) atoms. The molecule has 0 atom stereocenters. The first-order valence-electron chi connectivity index (χ1n) is 10.5. The minimum Gasteiger partial charge on any atom is -0.363 e. The number of rotatable bonds is 6. The second-order valence-corrected chi connectivity index (χ2v) is 9.40. The molecule has 2 N–H and O–H groups in total. The van der Waals surface area contributed by atoms with Gasteiger partial charge < -0.3 is 15.5 Å². The van der Waals surface area contributed by atoms with E-state index in [0.717, 1.165) is 55.6 Å². The fraction of sp³-hybridized carbons (Fsp3) is 0.391. The van der Waals surface area contributed by atoms with Crippen LogP contribution in [0.1, 0.15) is 24.1 Å². The van der Waals surface area contributed by atoms with E-state index in [1.54, 1.807) is 11.3 Å². The number of aryl methyl sites for hydroxylation is 1. The van der Waals surface area contributed by atoms with Gasteiger partial charge in [-0.05, 0) is 37.3 Å². The molecule has 0 aliphatic carbocycles.